The van der Waals surface area contributed by atoms with Gasteiger partial charge in [0.15, 0.2) is 0 Å². The topological polar surface area (TPSA) is 35.8 Å². The quantitative estimate of drug-likeness (QED) is 0.885. The SMILES string of the molecule is CC(Nc1ccc(C(F)(F)F)cc1)c1cccc(C#N)c1. The Morgan fingerprint density at radius 3 is 2.33 bits per heavy atom. The van der Waals surface area contributed by atoms with E-state index in [0.717, 1.165) is 17.7 Å². The average Bonchev–Trinajstić information content (AvgIpc) is 2.47. The molecule has 0 saturated heterocycles. The lowest BCUT2D eigenvalue weighted by atomic mass is 10.1. The van der Waals surface area contributed by atoms with Gasteiger partial charge in [0.05, 0.1) is 17.2 Å². The van der Waals surface area contributed by atoms with E-state index in [-0.39, 0.29) is 6.04 Å². The summed E-state index contributed by atoms with van der Waals surface area (Å²) in [5.74, 6) is 0. The first-order valence-corrected chi connectivity index (χ1v) is 6.34. The van der Waals surface area contributed by atoms with Crippen molar-refractivity contribution in [2.24, 2.45) is 0 Å². The third kappa shape index (κ3) is 3.76. The van der Waals surface area contributed by atoms with Crippen LogP contribution in [0.2, 0.25) is 0 Å². The Morgan fingerprint density at radius 2 is 1.76 bits per heavy atom. The standard InChI is InChI=1S/C16H13F3N2/c1-11(13-4-2-3-12(9-13)10-20)21-15-7-5-14(6-8-15)16(17,18)19/h2-9,11,21H,1H3. The Hall–Kier alpha value is -2.48. The van der Waals surface area contributed by atoms with Crippen LogP contribution in [0.1, 0.15) is 29.7 Å². The molecule has 0 radical (unpaired) electrons. The van der Waals surface area contributed by atoms with E-state index >= 15 is 0 Å². The summed E-state index contributed by atoms with van der Waals surface area (Å²) in [7, 11) is 0. The highest BCUT2D eigenvalue weighted by Gasteiger charge is 2.29. The number of nitrogens with zero attached hydrogens (tertiary/aromatic N) is 1. The first-order chi connectivity index (χ1) is 9.90. The van der Waals surface area contributed by atoms with E-state index in [1.54, 1.807) is 18.2 Å². The maximum absolute atomic E-state index is 12.5. The second-order valence-electron chi connectivity index (χ2n) is 4.68. The molecule has 0 saturated carbocycles. The van der Waals surface area contributed by atoms with Gasteiger partial charge in [-0.2, -0.15) is 18.4 Å². The van der Waals surface area contributed by atoms with Crippen LogP contribution in [0.5, 0.6) is 0 Å². The molecule has 5 heteroatoms. The third-order valence-electron chi connectivity index (χ3n) is 3.11. The van der Waals surface area contributed by atoms with E-state index in [9.17, 15) is 13.2 Å². The molecule has 0 spiro atoms. The number of hydrogen-bond acceptors (Lipinski definition) is 2. The van der Waals surface area contributed by atoms with Gasteiger partial charge in [0.25, 0.3) is 0 Å². The number of alkyl halides is 3. The molecule has 2 aromatic rings. The molecule has 0 amide bonds. The van der Waals surface area contributed by atoms with Crippen LogP contribution >= 0.6 is 0 Å². The van der Waals surface area contributed by atoms with Crippen LogP contribution in [-0.2, 0) is 6.18 Å². The summed E-state index contributed by atoms with van der Waals surface area (Å²) in [6.07, 6.45) is -4.33. The van der Waals surface area contributed by atoms with Crippen LogP contribution in [0.25, 0.3) is 0 Å². The van der Waals surface area contributed by atoms with Gasteiger partial charge >= 0.3 is 6.18 Å². The number of hydrogen-bond donors (Lipinski definition) is 1. The lowest BCUT2D eigenvalue weighted by Gasteiger charge is -2.16. The molecule has 2 nitrogen and oxygen atoms in total. The highest BCUT2D eigenvalue weighted by atomic mass is 19.4. The second-order valence-corrected chi connectivity index (χ2v) is 4.68. The van der Waals surface area contributed by atoms with Crippen molar-refractivity contribution in [3.05, 3.63) is 65.2 Å². The lowest BCUT2D eigenvalue weighted by molar-refractivity contribution is -0.137. The van der Waals surface area contributed by atoms with Gasteiger partial charge in [-0.15, -0.1) is 0 Å². The van der Waals surface area contributed by atoms with Crippen LogP contribution in [0.3, 0.4) is 0 Å². The Morgan fingerprint density at radius 1 is 1.10 bits per heavy atom. The molecule has 0 bridgehead atoms. The molecular weight excluding hydrogens is 277 g/mol. The molecule has 2 rings (SSSR count). The number of rotatable bonds is 3. The van der Waals surface area contributed by atoms with Gasteiger partial charge in [-0.1, -0.05) is 12.1 Å². The number of anilines is 1. The van der Waals surface area contributed by atoms with Crippen LogP contribution in [0, 0.1) is 11.3 Å². The predicted molar refractivity (Wildman–Crippen MR) is 74.6 cm³/mol. The number of benzene rings is 2. The minimum atomic E-state index is -4.33. The lowest BCUT2D eigenvalue weighted by Crippen LogP contribution is -2.08. The zero-order valence-corrected chi connectivity index (χ0v) is 11.3. The zero-order valence-electron chi connectivity index (χ0n) is 11.3. The Kier molecular flexibility index (Phi) is 4.18. The molecule has 0 aromatic heterocycles. The summed E-state index contributed by atoms with van der Waals surface area (Å²) in [4.78, 5) is 0. The van der Waals surface area contributed by atoms with Crippen LogP contribution in [0.15, 0.2) is 48.5 Å². The fourth-order valence-electron chi connectivity index (χ4n) is 1.97. The molecule has 1 atom stereocenters. The molecule has 0 aliphatic heterocycles. The van der Waals surface area contributed by atoms with Crippen LogP contribution in [0.4, 0.5) is 18.9 Å². The summed E-state index contributed by atoms with van der Waals surface area (Å²) in [6, 6.07) is 13.9. The zero-order chi connectivity index (χ0) is 15.5. The molecule has 1 N–H and O–H groups in total. The van der Waals surface area contributed by atoms with Crippen molar-refractivity contribution in [1.29, 1.82) is 5.26 Å². The van der Waals surface area contributed by atoms with Crippen LogP contribution in [-0.4, -0.2) is 0 Å². The van der Waals surface area contributed by atoms with Gasteiger partial charge in [-0.05, 0) is 48.9 Å². The highest BCUT2D eigenvalue weighted by Crippen LogP contribution is 2.30. The molecule has 1 unspecified atom stereocenters. The third-order valence-corrected chi connectivity index (χ3v) is 3.11. The van der Waals surface area contributed by atoms with Gasteiger partial charge in [0.2, 0.25) is 0 Å². The molecule has 0 fully saturated rings. The van der Waals surface area contributed by atoms with E-state index in [1.807, 2.05) is 13.0 Å². The van der Waals surface area contributed by atoms with Gasteiger partial charge in [0, 0.05) is 11.7 Å². The first-order valence-electron chi connectivity index (χ1n) is 6.34. The van der Waals surface area contributed by atoms with E-state index in [0.29, 0.717) is 11.3 Å². The maximum atomic E-state index is 12.5. The maximum Gasteiger partial charge on any atom is 0.416 e. The van der Waals surface area contributed by atoms with Crippen molar-refractivity contribution >= 4 is 5.69 Å². The van der Waals surface area contributed by atoms with E-state index in [4.69, 9.17) is 5.26 Å². The number of halogens is 3. The van der Waals surface area contributed by atoms with Crippen molar-refractivity contribution in [3.63, 3.8) is 0 Å². The van der Waals surface area contributed by atoms with Crippen molar-refractivity contribution in [2.75, 3.05) is 5.32 Å². The largest absolute Gasteiger partial charge is 0.416 e. The summed E-state index contributed by atoms with van der Waals surface area (Å²) >= 11 is 0. The molecule has 0 heterocycles. The first kappa shape index (κ1) is 14.9. The Balaban J connectivity index is 2.12. The summed E-state index contributed by atoms with van der Waals surface area (Å²) < 4.78 is 37.4. The van der Waals surface area contributed by atoms with Gasteiger partial charge in [0.1, 0.15) is 0 Å². The minimum absolute atomic E-state index is 0.116. The van der Waals surface area contributed by atoms with Crippen molar-refractivity contribution < 1.29 is 13.2 Å². The second kappa shape index (κ2) is 5.88. The van der Waals surface area contributed by atoms with Gasteiger partial charge in [-0.3, -0.25) is 0 Å². The summed E-state index contributed by atoms with van der Waals surface area (Å²) in [6.45, 7) is 1.88. The van der Waals surface area contributed by atoms with Crippen LogP contribution < -0.4 is 5.32 Å². The van der Waals surface area contributed by atoms with Gasteiger partial charge < -0.3 is 5.32 Å². The fourth-order valence-corrected chi connectivity index (χ4v) is 1.97. The predicted octanol–water partition coefficient (Wildman–Crippen LogP) is 4.75. The molecule has 21 heavy (non-hydrogen) atoms. The molecule has 0 aliphatic rings. The van der Waals surface area contributed by atoms with E-state index in [2.05, 4.69) is 11.4 Å². The number of nitriles is 1. The molecule has 0 aliphatic carbocycles. The molecular formula is C16H13F3N2. The molecule has 2 aromatic carbocycles. The van der Waals surface area contributed by atoms with Crippen molar-refractivity contribution in [3.8, 4) is 6.07 Å². The smallest absolute Gasteiger partial charge is 0.379 e. The fraction of sp³-hybridized carbons (Fsp3) is 0.188. The van der Waals surface area contributed by atoms with E-state index in [1.165, 1.54) is 12.1 Å². The summed E-state index contributed by atoms with van der Waals surface area (Å²) in [5.41, 5.74) is 1.37. The van der Waals surface area contributed by atoms with Crippen molar-refractivity contribution in [2.45, 2.75) is 19.1 Å². The molecule has 108 valence electrons. The number of nitrogens with one attached hydrogen (secondary N) is 1. The normalized spacial score (nSPS) is 12.5. The Labute approximate surface area is 120 Å². The highest BCUT2D eigenvalue weighted by molar-refractivity contribution is 5.47. The van der Waals surface area contributed by atoms with E-state index < -0.39 is 11.7 Å². The summed E-state index contributed by atoms with van der Waals surface area (Å²) in [5, 5.41) is 12.0. The monoisotopic (exact) mass is 290 g/mol. The minimum Gasteiger partial charge on any atom is -0.379 e. The average molecular weight is 290 g/mol. The van der Waals surface area contributed by atoms with Gasteiger partial charge in [-0.25, -0.2) is 0 Å². The Bertz CT molecular complexity index is 654. The van der Waals surface area contributed by atoms with Crippen molar-refractivity contribution in [1.82, 2.24) is 0 Å².